The summed E-state index contributed by atoms with van der Waals surface area (Å²) in [5.74, 6) is -0.721. The third kappa shape index (κ3) is 4.52. The van der Waals surface area contributed by atoms with Gasteiger partial charge < -0.3 is 5.11 Å². The van der Waals surface area contributed by atoms with Crippen LogP contribution in [0.2, 0.25) is 0 Å². The number of rotatable bonds is 5. The fourth-order valence-corrected chi connectivity index (χ4v) is 0.302. The Morgan fingerprint density at radius 1 is 1.64 bits per heavy atom. The van der Waals surface area contributed by atoms with Crippen LogP contribution in [0.1, 0.15) is 13.3 Å². The predicted molar refractivity (Wildman–Crippen MR) is 38.6 cm³/mol. The van der Waals surface area contributed by atoms with Crippen molar-refractivity contribution in [1.29, 1.82) is 0 Å². The molecule has 0 unspecified atom stereocenters. The van der Waals surface area contributed by atoms with E-state index in [1.54, 1.807) is 0 Å². The normalized spacial score (nSPS) is 9.27. The summed E-state index contributed by atoms with van der Waals surface area (Å²) < 4.78 is 0. The monoisotopic (exact) mass is 160 g/mol. The number of hydrogen-bond donors (Lipinski definition) is 1. The van der Waals surface area contributed by atoms with Crippen LogP contribution in [-0.2, 0) is 14.6 Å². The molecule has 0 aromatic heterocycles. The zero-order valence-electron chi connectivity index (χ0n) is 6.50. The van der Waals surface area contributed by atoms with Gasteiger partial charge >= 0.3 is 5.97 Å². The number of aliphatic hydroxyl groups excluding tert-OH is 1. The molecule has 4 nitrogen and oxygen atoms in total. The highest BCUT2D eigenvalue weighted by Gasteiger charge is 2.07. The maximum Gasteiger partial charge on any atom is 0.370 e. The molecule has 0 aliphatic carbocycles. The Kier molecular flexibility index (Phi) is 5.42. The van der Waals surface area contributed by atoms with Crippen LogP contribution in [-0.4, -0.2) is 24.3 Å². The summed E-state index contributed by atoms with van der Waals surface area (Å²) in [7, 11) is 0. The molecule has 0 bridgehead atoms. The molecule has 0 atom stereocenters. The third-order valence-corrected chi connectivity index (χ3v) is 0.902. The molecule has 0 spiro atoms. The van der Waals surface area contributed by atoms with E-state index in [4.69, 9.17) is 5.11 Å². The fourth-order valence-electron chi connectivity index (χ4n) is 0.302. The van der Waals surface area contributed by atoms with Crippen LogP contribution in [0.5, 0.6) is 0 Å². The predicted octanol–water partition coefficient (Wildman–Crippen LogP) is 0.420. The second-order valence-electron chi connectivity index (χ2n) is 1.95. The van der Waals surface area contributed by atoms with Gasteiger partial charge in [-0.2, -0.15) is 4.89 Å². The van der Waals surface area contributed by atoms with Crippen molar-refractivity contribution in [1.82, 2.24) is 0 Å². The molecule has 11 heavy (non-hydrogen) atoms. The van der Waals surface area contributed by atoms with Crippen molar-refractivity contribution < 1.29 is 19.7 Å². The molecule has 64 valence electrons. The van der Waals surface area contributed by atoms with Crippen LogP contribution in [0.4, 0.5) is 0 Å². The van der Waals surface area contributed by atoms with Crippen molar-refractivity contribution in [2.24, 2.45) is 0 Å². The molecule has 0 saturated heterocycles. The van der Waals surface area contributed by atoms with Crippen molar-refractivity contribution in [2.45, 2.75) is 13.3 Å². The van der Waals surface area contributed by atoms with Gasteiger partial charge in [0, 0.05) is 0 Å². The van der Waals surface area contributed by atoms with Crippen LogP contribution in [0.25, 0.3) is 0 Å². The van der Waals surface area contributed by atoms with Gasteiger partial charge in [-0.25, -0.2) is 4.79 Å². The molecule has 0 aromatic rings. The van der Waals surface area contributed by atoms with Gasteiger partial charge in [-0.15, -0.1) is 0 Å². The van der Waals surface area contributed by atoms with E-state index in [0.717, 1.165) is 6.42 Å². The minimum Gasteiger partial charge on any atom is -0.391 e. The average Bonchev–Trinajstić information content (AvgIpc) is 2.03. The highest BCUT2D eigenvalue weighted by atomic mass is 17.2. The highest BCUT2D eigenvalue weighted by molar-refractivity contribution is 5.87. The summed E-state index contributed by atoms with van der Waals surface area (Å²) in [5, 5.41) is 8.41. The lowest BCUT2D eigenvalue weighted by atomic mass is 10.3. The number of aliphatic hydroxyl groups is 1. The largest absolute Gasteiger partial charge is 0.391 e. The van der Waals surface area contributed by atoms with E-state index < -0.39 is 12.6 Å². The Balaban J connectivity index is 3.44. The standard InChI is InChI=1S/C7H12O4/c1-3-4-10-11-7(9)6(2)5-8/h8H,2-5H2,1H3. The molecule has 0 amide bonds. The summed E-state index contributed by atoms with van der Waals surface area (Å²) in [6, 6.07) is 0. The maximum absolute atomic E-state index is 10.6. The van der Waals surface area contributed by atoms with Crippen molar-refractivity contribution in [2.75, 3.05) is 13.2 Å². The first-order valence-electron chi connectivity index (χ1n) is 3.34. The lowest BCUT2D eigenvalue weighted by Gasteiger charge is -2.01. The number of carbonyl (C=O) groups excluding carboxylic acids is 1. The van der Waals surface area contributed by atoms with Gasteiger partial charge in [0.2, 0.25) is 0 Å². The summed E-state index contributed by atoms with van der Waals surface area (Å²) in [5.41, 5.74) is -0.0129. The van der Waals surface area contributed by atoms with E-state index in [2.05, 4.69) is 16.4 Å². The first-order valence-corrected chi connectivity index (χ1v) is 3.34. The minimum atomic E-state index is -0.721. The van der Waals surface area contributed by atoms with Crippen molar-refractivity contribution in [3.8, 4) is 0 Å². The lowest BCUT2D eigenvalue weighted by molar-refractivity contribution is -0.268. The third-order valence-electron chi connectivity index (χ3n) is 0.902. The number of hydrogen-bond acceptors (Lipinski definition) is 4. The Hall–Kier alpha value is -0.870. The molecular weight excluding hydrogens is 148 g/mol. The molecular formula is C7H12O4. The second kappa shape index (κ2) is 5.88. The molecule has 0 rings (SSSR count). The first-order chi connectivity index (χ1) is 5.22. The van der Waals surface area contributed by atoms with Crippen LogP contribution in [0.15, 0.2) is 12.2 Å². The fraction of sp³-hybridized carbons (Fsp3) is 0.571. The van der Waals surface area contributed by atoms with E-state index in [9.17, 15) is 4.79 Å². The maximum atomic E-state index is 10.6. The summed E-state index contributed by atoms with van der Waals surface area (Å²) in [4.78, 5) is 19.3. The molecule has 0 heterocycles. The summed E-state index contributed by atoms with van der Waals surface area (Å²) in [6.07, 6.45) is 0.763. The molecule has 0 fully saturated rings. The van der Waals surface area contributed by atoms with Crippen molar-refractivity contribution in [3.05, 3.63) is 12.2 Å². The van der Waals surface area contributed by atoms with E-state index >= 15 is 0 Å². The highest BCUT2D eigenvalue weighted by Crippen LogP contribution is 1.93. The molecule has 0 aliphatic rings. The molecule has 4 heteroatoms. The average molecular weight is 160 g/mol. The van der Waals surface area contributed by atoms with E-state index in [-0.39, 0.29) is 5.57 Å². The molecule has 1 N–H and O–H groups in total. The van der Waals surface area contributed by atoms with E-state index in [0.29, 0.717) is 6.61 Å². The quantitative estimate of drug-likeness (QED) is 0.274. The van der Waals surface area contributed by atoms with Crippen LogP contribution < -0.4 is 0 Å². The van der Waals surface area contributed by atoms with E-state index in [1.165, 1.54) is 0 Å². The van der Waals surface area contributed by atoms with Gasteiger partial charge in [-0.05, 0) is 6.42 Å². The Labute approximate surface area is 65.4 Å². The topological polar surface area (TPSA) is 55.8 Å². The van der Waals surface area contributed by atoms with Gasteiger partial charge in [0.05, 0.1) is 18.8 Å². The lowest BCUT2D eigenvalue weighted by Crippen LogP contribution is -2.10. The van der Waals surface area contributed by atoms with E-state index in [1.807, 2.05) is 6.92 Å². The zero-order valence-corrected chi connectivity index (χ0v) is 6.50. The molecule has 0 saturated carbocycles. The molecule has 0 aromatic carbocycles. The Bertz CT molecular complexity index is 141. The first kappa shape index (κ1) is 10.1. The van der Waals surface area contributed by atoms with Gasteiger partial charge in [0.15, 0.2) is 0 Å². The Morgan fingerprint density at radius 3 is 2.73 bits per heavy atom. The smallest absolute Gasteiger partial charge is 0.370 e. The van der Waals surface area contributed by atoms with Crippen LogP contribution >= 0.6 is 0 Å². The van der Waals surface area contributed by atoms with Crippen LogP contribution in [0, 0.1) is 0 Å². The minimum absolute atomic E-state index is 0.0129. The molecule has 0 radical (unpaired) electrons. The van der Waals surface area contributed by atoms with Crippen molar-refractivity contribution in [3.63, 3.8) is 0 Å². The van der Waals surface area contributed by atoms with Gasteiger partial charge in [-0.1, -0.05) is 13.5 Å². The summed E-state index contributed by atoms with van der Waals surface area (Å²) >= 11 is 0. The second-order valence-corrected chi connectivity index (χ2v) is 1.95. The van der Waals surface area contributed by atoms with Gasteiger partial charge in [0.25, 0.3) is 0 Å². The van der Waals surface area contributed by atoms with Gasteiger partial charge in [0.1, 0.15) is 0 Å². The molecule has 0 aliphatic heterocycles. The Morgan fingerprint density at radius 2 is 2.27 bits per heavy atom. The van der Waals surface area contributed by atoms with Crippen molar-refractivity contribution >= 4 is 5.97 Å². The van der Waals surface area contributed by atoms with Gasteiger partial charge in [-0.3, -0.25) is 4.89 Å². The zero-order chi connectivity index (χ0) is 8.69. The summed E-state index contributed by atoms with van der Waals surface area (Å²) in [6.45, 7) is 5.07. The van der Waals surface area contributed by atoms with Crippen LogP contribution in [0.3, 0.4) is 0 Å². The SMILES string of the molecule is C=C(CO)C(=O)OOCCC. The number of carbonyl (C=O) groups is 1.